The predicted molar refractivity (Wildman–Crippen MR) is 72.4 cm³/mol. The predicted octanol–water partition coefficient (Wildman–Crippen LogP) is 1.85. The zero-order chi connectivity index (χ0) is 13.7. The van der Waals surface area contributed by atoms with Crippen LogP contribution in [0.3, 0.4) is 0 Å². The van der Waals surface area contributed by atoms with Crippen LogP contribution in [-0.2, 0) is 6.42 Å². The van der Waals surface area contributed by atoms with Gasteiger partial charge in [-0.3, -0.25) is 4.98 Å². The molecule has 1 N–H and O–H groups in total. The van der Waals surface area contributed by atoms with E-state index in [9.17, 15) is 4.79 Å². The molecule has 0 aromatic carbocycles. The SMILES string of the molecule is CN(CCc1ccncc1)c1cc(C(=O)O)ccn1. The van der Waals surface area contributed by atoms with E-state index in [4.69, 9.17) is 5.11 Å². The van der Waals surface area contributed by atoms with Crippen molar-refractivity contribution in [2.75, 3.05) is 18.5 Å². The zero-order valence-electron chi connectivity index (χ0n) is 10.7. The third kappa shape index (κ3) is 3.51. The number of aromatic nitrogens is 2. The molecule has 2 rings (SSSR count). The van der Waals surface area contributed by atoms with Crippen LogP contribution in [0.1, 0.15) is 15.9 Å². The Bertz CT molecular complexity index is 558. The topological polar surface area (TPSA) is 66.3 Å². The summed E-state index contributed by atoms with van der Waals surface area (Å²) in [4.78, 5) is 21.0. The molecule has 2 heterocycles. The molecule has 0 spiro atoms. The maximum Gasteiger partial charge on any atom is 0.335 e. The highest BCUT2D eigenvalue weighted by atomic mass is 16.4. The Balaban J connectivity index is 2.02. The van der Waals surface area contributed by atoms with Crippen molar-refractivity contribution >= 4 is 11.8 Å². The molecule has 2 aromatic rings. The largest absolute Gasteiger partial charge is 0.478 e. The molecule has 0 bridgehead atoms. The Labute approximate surface area is 111 Å². The molecule has 0 aliphatic heterocycles. The summed E-state index contributed by atoms with van der Waals surface area (Å²) in [6.07, 6.45) is 5.90. The van der Waals surface area contributed by atoms with Crippen LogP contribution in [0.25, 0.3) is 0 Å². The molecule has 5 heteroatoms. The van der Waals surface area contributed by atoms with Crippen molar-refractivity contribution in [3.05, 3.63) is 54.0 Å². The molecule has 5 nitrogen and oxygen atoms in total. The average molecular weight is 257 g/mol. The molecule has 0 saturated heterocycles. The Morgan fingerprint density at radius 1 is 1.26 bits per heavy atom. The van der Waals surface area contributed by atoms with Gasteiger partial charge in [0.2, 0.25) is 0 Å². The quantitative estimate of drug-likeness (QED) is 0.885. The summed E-state index contributed by atoms with van der Waals surface area (Å²) in [5.74, 6) is -0.278. The Kier molecular flexibility index (Phi) is 4.07. The molecular weight excluding hydrogens is 242 g/mol. The molecule has 0 aliphatic carbocycles. The molecule has 19 heavy (non-hydrogen) atoms. The second kappa shape index (κ2) is 5.95. The second-order valence-corrected chi connectivity index (χ2v) is 4.23. The van der Waals surface area contributed by atoms with Crippen molar-refractivity contribution < 1.29 is 9.90 Å². The number of pyridine rings is 2. The van der Waals surface area contributed by atoms with Crippen LogP contribution in [0.5, 0.6) is 0 Å². The van der Waals surface area contributed by atoms with Gasteiger partial charge in [0.1, 0.15) is 5.82 Å². The first-order valence-electron chi connectivity index (χ1n) is 5.96. The summed E-state index contributed by atoms with van der Waals surface area (Å²) in [5.41, 5.74) is 1.44. The van der Waals surface area contributed by atoms with Gasteiger partial charge in [-0.1, -0.05) is 0 Å². The summed E-state index contributed by atoms with van der Waals surface area (Å²) in [7, 11) is 1.90. The van der Waals surface area contributed by atoms with Crippen LogP contribution >= 0.6 is 0 Å². The molecule has 0 saturated carbocycles. The van der Waals surface area contributed by atoms with Gasteiger partial charge in [0.05, 0.1) is 5.56 Å². The highest BCUT2D eigenvalue weighted by Crippen LogP contribution is 2.12. The van der Waals surface area contributed by atoms with Crippen LogP contribution in [0.4, 0.5) is 5.82 Å². The van der Waals surface area contributed by atoms with E-state index in [2.05, 4.69) is 9.97 Å². The van der Waals surface area contributed by atoms with E-state index in [1.165, 1.54) is 17.8 Å². The van der Waals surface area contributed by atoms with Crippen LogP contribution in [0, 0.1) is 0 Å². The van der Waals surface area contributed by atoms with Gasteiger partial charge in [-0.2, -0.15) is 0 Å². The molecule has 0 aliphatic rings. The van der Waals surface area contributed by atoms with Gasteiger partial charge in [0.15, 0.2) is 0 Å². The lowest BCUT2D eigenvalue weighted by Gasteiger charge is -2.18. The van der Waals surface area contributed by atoms with Crippen LogP contribution in [0.15, 0.2) is 42.9 Å². The molecule has 0 unspecified atom stereocenters. The van der Waals surface area contributed by atoms with E-state index in [0.29, 0.717) is 5.82 Å². The molecule has 0 radical (unpaired) electrons. The smallest absolute Gasteiger partial charge is 0.335 e. The molecule has 0 amide bonds. The first-order valence-corrected chi connectivity index (χ1v) is 5.96. The molecule has 98 valence electrons. The Morgan fingerprint density at radius 2 is 2.00 bits per heavy atom. The van der Waals surface area contributed by atoms with E-state index < -0.39 is 5.97 Å². The number of anilines is 1. The third-order valence-electron chi connectivity index (χ3n) is 2.87. The summed E-state index contributed by atoms with van der Waals surface area (Å²) >= 11 is 0. The Morgan fingerprint density at radius 3 is 2.68 bits per heavy atom. The average Bonchev–Trinajstić information content (AvgIpc) is 2.46. The van der Waals surface area contributed by atoms with Crippen LogP contribution in [-0.4, -0.2) is 34.6 Å². The highest BCUT2D eigenvalue weighted by molar-refractivity contribution is 5.88. The summed E-state index contributed by atoms with van der Waals surface area (Å²) < 4.78 is 0. The van der Waals surface area contributed by atoms with Crippen molar-refractivity contribution in [3.8, 4) is 0 Å². The Hall–Kier alpha value is -2.43. The standard InChI is InChI=1S/C14H15N3O2/c1-17(9-5-11-2-6-15-7-3-11)13-10-12(14(18)19)4-8-16-13/h2-4,6-8,10H,5,9H2,1H3,(H,18,19). The van der Waals surface area contributed by atoms with Crippen molar-refractivity contribution in [1.82, 2.24) is 9.97 Å². The van der Waals surface area contributed by atoms with Gasteiger partial charge < -0.3 is 10.0 Å². The van der Waals surface area contributed by atoms with Gasteiger partial charge in [0.25, 0.3) is 0 Å². The minimum Gasteiger partial charge on any atom is -0.478 e. The van der Waals surface area contributed by atoms with Gasteiger partial charge in [-0.15, -0.1) is 0 Å². The van der Waals surface area contributed by atoms with E-state index in [0.717, 1.165) is 13.0 Å². The number of carboxylic acids is 1. The van der Waals surface area contributed by atoms with Gasteiger partial charge in [-0.05, 0) is 36.2 Å². The number of nitrogens with zero attached hydrogens (tertiary/aromatic N) is 3. The fourth-order valence-electron chi connectivity index (χ4n) is 1.72. The number of aromatic carboxylic acids is 1. The molecule has 2 aromatic heterocycles. The minimum absolute atomic E-state index is 0.251. The molecule has 0 fully saturated rings. The van der Waals surface area contributed by atoms with Gasteiger partial charge >= 0.3 is 5.97 Å². The first kappa shape index (κ1) is 13.0. The lowest BCUT2D eigenvalue weighted by Crippen LogP contribution is -2.21. The number of hydrogen-bond donors (Lipinski definition) is 1. The van der Waals surface area contributed by atoms with Gasteiger partial charge in [0, 0.05) is 32.2 Å². The summed E-state index contributed by atoms with van der Waals surface area (Å²) in [6, 6.07) is 7.00. The van der Waals surface area contributed by atoms with Gasteiger partial charge in [-0.25, -0.2) is 9.78 Å². The second-order valence-electron chi connectivity index (χ2n) is 4.23. The summed E-state index contributed by atoms with van der Waals surface area (Å²) in [5, 5.41) is 8.95. The fraction of sp³-hybridized carbons (Fsp3) is 0.214. The zero-order valence-corrected chi connectivity index (χ0v) is 10.7. The van der Waals surface area contributed by atoms with Crippen molar-refractivity contribution in [2.45, 2.75) is 6.42 Å². The lowest BCUT2D eigenvalue weighted by molar-refractivity contribution is 0.0697. The van der Waals surface area contributed by atoms with E-state index >= 15 is 0 Å². The van der Waals surface area contributed by atoms with Crippen LogP contribution in [0.2, 0.25) is 0 Å². The van der Waals surface area contributed by atoms with E-state index in [1.54, 1.807) is 18.5 Å². The molecular formula is C14H15N3O2. The third-order valence-corrected chi connectivity index (χ3v) is 2.87. The molecule has 0 atom stereocenters. The summed E-state index contributed by atoms with van der Waals surface area (Å²) in [6.45, 7) is 0.764. The first-order chi connectivity index (χ1) is 9.16. The highest BCUT2D eigenvalue weighted by Gasteiger charge is 2.07. The number of rotatable bonds is 5. The maximum absolute atomic E-state index is 10.9. The fourth-order valence-corrected chi connectivity index (χ4v) is 1.72. The monoisotopic (exact) mass is 257 g/mol. The van der Waals surface area contributed by atoms with Crippen molar-refractivity contribution in [1.29, 1.82) is 0 Å². The number of hydrogen-bond acceptors (Lipinski definition) is 4. The minimum atomic E-state index is -0.939. The lowest BCUT2D eigenvalue weighted by atomic mass is 10.2. The van der Waals surface area contributed by atoms with Crippen molar-refractivity contribution in [2.24, 2.45) is 0 Å². The van der Waals surface area contributed by atoms with Crippen molar-refractivity contribution in [3.63, 3.8) is 0 Å². The number of carboxylic acid groups (broad SMARTS) is 1. The van der Waals surface area contributed by atoms with E-state index in [-0.39, 0.29) is 5.56 Å². The number of carbonyl (C=O) groups is 1. The normalized spacial score (nSPS) is 10.2. The number of likely N-dealkylation sites (N-methyl/N-ethyl adjacent to an activating group) is 1. The van der Waals surface area contributed by atoms with E-state index in [1.807, 2.05) is 24.1 Å². The van der Waals surface area contributed by atoms with Crippen LogP contribution < -0.4 is 4.90 Å². The maximum atomic E-state index is 10.9.